The first-order chi connectivity index (χ1) is 17.4. The molecule has 182 valence electrons. The Morgan fingerprint density at radius 2 is 1.94 bits per heavy atom. The molecule has 2 aromatic carbocycles. The Morgan fingerprint density at radius 1 is 1.08 bits per heavy atom. The van der Waals surface area contributed by atoms with Crippen LogP contribution in [0.3, 0.4) is 0 Å². The summed E-state index contributed by atoms with van der Waals surface area (Å²) in [6.07, 6.45) is 5.53. The van der Waals surface area contributed by atoms with Crippen molar-refractivity contribution in [2.24, 2.45) is 0 Å². The lowest BCUT2D eigenvalue weighted by atomic mass is 10.1. The topological polar surface area (TPSA) is 112 Å². The highest BCUT2D eigenvalue weighted by Gasteiger charge is 2.14. The molecule has 5 aromatic rings. The summed E-state index contributed by atoms with van der Waals surface area (Å²) in [5, 5.41) is 4.28. The first-order valence-corrected chi connectivity index (χ1v) is 11.2. The average Bonchev–Trinajstić information content (AvgIpc) is 3.51. The Balaban J connectivity index is 1.30. The fraction of sp³-hybridized carbons (Fsp3) is 0.154. The molecule has 0 saturated carbocycles. The number of hydrogen-bond acceptors (Lipinski definition) is 6. The van der Waals surface area contributed by atoms with Crippen LogP contribution in [0.4, 0.5) is 14.6 Å². The summed E-state index contributed by atoms with van der Waals surface area (Å²) >= 11 is 0. The van der Waals surface area contributed by atoms with E-state index in [-0.39, 0.29) is 18.7 Å². The van der Waals surface area contributed by atoms with Gasteiger partial charge in [0.25, 0.3) is 0 Å². The van der Waals surface area contributed by atoms with E-state index < -0.39 is 11.6 Å². The smallest absolute Gasteiger partial charge is 0.159 e. The number of ether oxygens (including phenoxy) is 1. The molecule has 0 unspecified atom stereocenters. The number of H-pyrrole nitrogens is 1. The van der Waals surface area contributed by atoms with E-state index in [4.69, 9.17) is 10.5 Å². The number of rotatable bonds is 8. The van der Waals surface area contributed by atoms with Gasteiger partial charge in [-0.3, -0.25) is 9.48 Å². The minimum absolute atomic E-state index is 0.0599. The first kappa shape index (κ1) is 23.2. The first-order valence-electron chi connectivity index (χ1n) is 11.2. The van der Waals surface area contributed by atoms with Crippen molar-refractivity contribution in [2.45, 2.75) is 19.4 Å². The van der Waals surface area contributed by atoms with E-state index in [9.17, 15) is 13.6 Å². The number of aromatic nitrogens is 5. The predicted molar refractivity (Wildman–Crippen MR) is 131 cm³/mol. The number of carbonyl (C=O) groups is 1. The number of imidazole rings is 1. The molecular formula is C26H22F2N6O2. The summed E-state index contributed by atoms with van der Waals surface area (Å²) in [7, 11) is 1.60. The molecule has 0 aliphatic carbocycles. The molecule has 3 N–H and O–H groups in total. The van der Waals surface area contributed by atoms with Crippen LogP contribution in [0.1, 0.15) is 12.0 Å². The van der Waals surface area contributed by atoms with Crippen LogP contribution in [0, 0.1) is 11.6 Å². The number of halogens is 2. The molecule has 0 bridgehead atoms. The molecule has 0 aliphatic rings. The molecule has 5 rings (SSSR count). The molecule has 0 atom stereocenters. The van der Waals surface area contributed by atoms with E-state index in [2.05, 4.69) is 20.1 Å². The standard InChI is InChI=1S/C26H22F2N6O2/c1-36-19-5-7-23-24(10-19)33-26(32-23)20-9-16(11-30-25(20)29)17-12-31-34(13-17)14-18(35)4-2-15-3-6-21(27)22(28)8-15/h3,5-13H,2,4,14H2,1H3,(H2,29,30)(H,32,33). The number of ketones is 1. The molecule has 0 amide bonds. The quantitative estimate of drug-likeness (QED) is 0.331. The van der Waals surface area contributed by atoms with E-state index >= 15 is 0 Å². The Kier molecular flexibility index (Phi) is 6.16. The lowest BCUT2D eigenvalue weighted by molar-refractivity contribution is -0.119. The molecule has 3 heterocycles. The molecule has 8 nitrogen and oxygen atoms in total. The molecule has 0 aliphatic heterocycles. The lowest BCUT2D eigenvalue weighted by Crippen LogP contribution is -2.11. The van der Waals surface area contributed by atoms with Crippen LogP contribution in [-0.4, -0.2) is 37.6 Å². The maximum absolute atomic E-state index is 13.4. The summed E-state index contributed by atoms with van der Waals surface area (Å²) in [5.74, 6) is -0.299. The van der Waals surface area contributed by atoms with Crippen molar-refractivity contribution < 1.29 is 18.3 Å². The second kappa shape index (κ2) is 9.57. The van der Waals surface area contributed by atoms with E-state index in [1.54, 1.807) is 25.7 Å². The third kappa shape index (κ3) is 4.78. The second-order valence-corrected chi connectivity index (χ2v) is 8.34. The number of nitrogen functional groups attached to an aromatic ring is 1. The van der Waals surface area contributed by atoms with Gasteiger partial charge in [0.2, 0.25) is 0 Å². The monoisotopic (exact) mass is 488 g/mol. The van der Waals surface area contributed by atoms with Gasteiger partial charge in [-0.1, -0.05) is 6.07 Å². The fourth-order valence-electron chi connectivity index (χ4n) is 3.90. The van der Waals surface area contributed by atoms with Gasteiger partial charge in [-0.25, -0.2) is 18.7 Å². The fourth-order valence-corrected chi connectivity index (χ4v) is 3.90. The van der Waals surface area contributed by atoms with Crippen molar-refractivity contribution in [1.29, 1.82) is 0 Å². The number of anilines is 1. The zero-order valence-electron chi connectivity index (χ0n) is 19.3. The number of nitrogens with zero attached hydrogens (tertiary/aromatic N) is 4. The van der Waals surface area contributed by atoms with Gasteiger partial charge in [0, 0.05) is 36.0 Å². The van der Waals surface area contributed by atoms with Crippen molar-refractivity contribution in [3.05, 3.63) is 78.3 Å². The number of hydrogen-bond donors (Lipinski definition) is 2. The Bertz CT molecular complexity index is 1580. The van der Waals surface area contributed by atoms with Crippen LogP contribution in [0.5, 0.6) is 5.75 Å². The number of aryl methyl sites for hydroxylation is 1. The molecular weight excluding hydrogens is 466 g/mol. The number of fused-ring (bicyclic) bond motifs is 1. The van der Waals surface area contributed by atoms with Gasteiger partial charge in [0.1, 0.15) is 17.4 Å². The minimum Gasteiger partial charge on any atom is -0.497 e. The van der Waals surface area contributed by atoms with Crippen LogP contribution < -0.4 is 10.5 Å². The van der Waals surface area contributed by atoms with Gasteiger partial charge < -0.3 is 15.5 Å². The van der Waals surface area contributed by atoms with Crippen molar-refractivity contribution in [2.75, 3.05) is 12.8 Å². The highest BCUT2D eigenvalue weighted by molar-refractivity contribution is 5.84. The van der Waals surface area contributed by atoms with Crippen LogP contribution in [0.15, 0.2) is 61.1 Å². The van der Waals surface area contributed by atoms with Crippen molar-refractivity contribution >= 4 is 22.6 Å². The Hall–Kier alpha value is -4.60. The Morgan fingerprint density at radius 3 is 2.75 bits per heavy atom. The minimum atomic E-state index is -0.921. The van der Waals surface area contributed by atoms with Gasteiger partial charge in [-0.05, 0) is 42.3 Å². The van der Waals surface area contributed by atoms with E-state index in [0.29, 0.717) is 34.9 Å². The lowest BCUT2D eigenvalue weighted by Gasteiger charge is -2.05. The molecule has 0 saturated heterocycles. The summed E-state index contributed by atoms with van der Waals surface area (Å²) in [4.78, 5) is 24.6. The van der Waals surface area contributed by atoms with Crippen LogP contribution in [0.2, 0.25) is 0 Å². The number of nitrogens with two attached hydrogens (primary N) is 1. The maximum atomic E-state index is 13.4. The number of aromatic amines is 1. The van der Waals surface area contributed by atoms with Gasteiger partial charge in [0.05, 0.1) is 36.4 Å². The number of Topliss-reactive ketones (excluding diaryl/α,β-unsaturated/α-hetero) is 1. The highest BCUT2D eigenvalue weighted by Crippen LogP contribution is 2.30. The molecule has 10 heteroatoms. The summed E-state index contributed by atoms with van der Waals surface area (Å²) in [5.41, 5.74) is 10.4. The normalized spacial score (nSPS) is 11.2. The zero-order valence-corrected chi connectivity index (χ0v) is 19.3. The molecule has 0 spiro atoms. The molecule has 0 fully saturated rings. The third-order valence-corrected chi connectivity index (χ3v) is 5.84. The molecule has 3 aromatic heterocycles. The third-order valence-electron chi connectivity index (χ3n) is 5.84. The van der Waals surface area contributed by atoms with Crippen LogP contribution in [-0.2, 0) is 17.8 Å². The maximum Gasteiger partial charge on any atom is 0.159 e. The zero-order chi connectivity index (χ0) is 25.2. The summed E-state index contributed by atoms with van der Waals surface area (Å²) < 4.78 is 33.2. The van der Waals surface area contributed by atoms with Gasteiger partial charge in [0.15, 0.2) is 17.4 Å². The number of pyridine rings is 1. The number of carbonyl (C=O) groups excluding carboxylic acids is 1. The van der Waals surface area contributed by atoms with Crippen LogP contribution in [0.25, 0.3) is 33.5 Å². The summed E-state index contributed by atoms with van der Waals surface area (Å²) in [6.45, 7) is 0.0599. The van der Waals surface area contributed by atoms with Gasteiger partial charge in [-0.2, -0.15) is 5.10 Å². The van der Waals surface area contributed by atoms with Crippen molar-refractivity contribution in [3.8, 4) is 28.3 Å². The van der Waals surface area contributed by atoms with Gasteiger partial charge in [-0.15, -0.1) is 0 Å². The van der Waals surface area contributed by atoms with E-state index in [1.807, 2.05) is 24.3 Å². The largest absolute Gasteiger partial charge is 0.497 e. The number of methoxy groups -OCH3 is 1. The predicted octanol–water partition coefficient (Wildman–Crippen LogP) is 4.56. The molecule has 36 heavy (non-hydrogen) atoms. The van der Waals surface area contributed by atoms with Crippen molar-refractivity contribution in [3.63, 3.8) is 0 Å². The Labute approximate surface area is 204 Å². The van der Waals surface area contributed by atoms with Crippen LogP contribution >= 0.6 is 0 Å². The second-order valence-electron chi connectivity index (χ2n) is 8.34. The molecule has 0 radical (unpaired) electrons. The summed E-state index contributed by atoms with van der Waals surface area (Å²) in [6, 6.07) is 11.1. The number of benzene rings is 2. The average molecular weight is 488 g/mol. The number of nitrogens with one attached hydrogen (secondary N) is 1. The van der Waals surface area contributed by atoms with Gasteiger partial charge >= 0.3 is 0 Å². The van der Waals surface area contributed by atoms with E-state index in [1.165, 1.54) is 10.7 Å². The highest BCUT2D eigenvalue weighted by atomic mass is 19.2. The van der Waals surface area contributed by atoms with Crippen molar-refractivity contribution in [1.82, 2.24) is 24.7 Å². The van der Waals surface area contributed by atoms with E-state index in [0.717, 1.165) is 34.3 Å². The SMILES string of the molecule is COc1ccc2nc(-c3cc(-c4cnn(CC(=O)CCc5ccc(F)c(F)c5)c4)cnc3N)[nH]c2c1.